The zero-order chi connectivity index (χ0) is 16.1. The quantitative estimate of drug-likeness (QED) is 0.863. The van der Waals surface area contributed by atoms with Gasteiger partial charge in [0.05, 0.1) is 6.54 Å². The zero-order valence-corrected chi connectivity index (χ0v) is 13.5. The predicted octanol–water partition coefficient (Wildman–Crippen LogP) is 1.60. The van der Waals surface area contributed by atoms with Crippen molar-refractivity contribution in [2.75, 3.05) is 30.7 Å². The second-order valence-electron chi connectivity index (χ2n) is 5.31. The number of aromatic nitrogens is 2. The maximum atomic E-state index is 12.2. The molecule has 1 aliphatic rings. The summed E-state index contributed by atoms with van der Waals surface area (Å²) in [6.07, 6.45) is 5.23. The molecule has 1 aliphatic heterocycles. The number of hydrogen-bond acceptors (Lipinski definition) is 7. The van der Waals surface area contributed by atoms with Crippen LogP contribution in [0.15, 0.2) is 29.9 Å². The number of nitrogens with two attached hydrogens (primary N) is 1. The van der Waals surface area contributed by atoms with Crippen molar-refractivity contribution in [2.24, 2.45) is 0 Å². The molecular formula is C15H19N5O2S. The number of nitrogens with zero attached hydrogens (tertiary/aromatic N) is 3. The summed E-state index contributed by atoms with van der Waals surface area (Å²) in [4.78, 5) is 22.1. The van der Waals surface area contributed by atoms with Crippen LogP contribution in [-0.4, -0.2) is 46.5 Å². The number of ether oxygens (including phenoxy) is 1. The summed E-state index contributed by atoms with van der Waals surface area (Å²) in [5.41, 5.74) is 5.56. The van der Waals surface area contributed by atoms with Gasteiger partial charge in [-0.2, -0.15) is 0 Å². The Labute approximate surface area is 138 Å². The average Bonchev–Trinajstić information content (AvgIpc) is 3.00. The molecule has 23 heavy (non-hydrogen) atoms. The van der Waals surface area contributed by atoms with Crippen LogP contribution in [0.5, 0.6) is 5.75 Å². The van der Waals surface area contributed by atoms with E-state index in [9.17, 15) is 4.79 Å². The fourth-order valence-corrected chi connectivity index (χ4v) is 3.00. The molecule has 2 aromatic rings. The molecule has 1 saturated heterocycles. The molecule has 0 radical (unpaired) electrons. The summed E-state index contributed by atoms with van der Waals surface area (Å²) >= 11 is 1.35. The Morgan fingerprint density at radius 2 is 2.13 bits per heavy atom. The number of rotatable bonds is 5. The molecule has 0 aromatic carbocycles. The molecule has 7 nitrogen and oxygen atoms in total. The molecule has 3 rings (SSSR count). The Hall–Kier alpha value is -2.35. The number of nitrogens with one attached hydrogen (secondary N) is 1. The van der Waals surface area contributed by atoms with Crippen LogP contribution in [0.3, 0.4) is 0 Å². The van der Waals surface area contributed by atoms with Crippen molar-refractivity contribution in [1.29, 1.82) is 0 Å². The van der Waals surface area contributed by atoms with Crippen LogP contribution in [0.4, 0.5) is 10.9 Å². The molecule has 0 saturated carbocycles. The van der Waals surface area contributed by atoms with Crippen LogP contribution in [0.25, 0.3) is 0 Å². The minimum Gasteiger partial charge on any atom is -0.490 e. The Balaban J connectivity index is 1.42. The third-order valence-electron chi connectivity index (χ3n) is 3.69. The van der Waals surface area contributed by atoms with Crippen molar-refractivity contribution >= 4 is 28.2 Å². The lowest BCUT2D eigenvalue weighted by molar-refractivity contribution is -0.131. The van der Waals surface area contributed by atoms with Gasteiger partial charge in [0.1, 0.15) is 17.7 Å². The molecular weight excluding hydrogens is 314 g/mol. The first-order valence-corrected chi connectivity index (χ1v) is 8.38. The molecule has 122 valence electrons. The Morgan fingerprint density at radius 1 is 1.39 bits per heavy atom. The molecule has 3 heterocycles. The highest BCUT2D eigenvalue weighted by atomic mass is 32.1. The third-order valence-corrected chi connectivity index (χ3v) is 4.36. The van der Waals surface area contributed by atoms with Gasteiger partial charge in [0.25, 0.3) is 0 Å². The summed E-state index contributed by atoms with van der Waals surface area (Å²) in [6, 6.07) is 3.70. The van der Waals surface area contributed by atoms with Crippen molar-refractivity contribution < 1.29 is 9.53 Å². The van der Waals surface area contributed by atoms with Crippen LogP contribution < -0.4 is 15.8 Å². The molecule has 1 amide bonds. The SMILES string of the molecule is Nc1nc(NCC(=O)N2CCC(Oc3ccncc3)CC2)cs1. The number of carbonyl (C=O) groups is 1. The van der Waals surface area contributed by atoms with E-state index in [1.165, 1.54) is 11.3 Å². The van der Waals surface area contributed by atoms with Crippen molar-refractivity contribution in [3.05, 3.63) is 29.9 Å². The number of carbonyl (C=O) groups excluding carboxylic acids is 1. The first kappa shape index (κ1) is 15.5. The molecule has 8 heteroatoms. The van der Waals surface area contributed by atoms with Gasteiger partial charge in [-0.3, -0.25) is 9.78 Å². The number of hydrogen-bond donors (Lipinski definition) is 2. The standard InChI is InChI=1S/C15H19N5O2S/c16-15-19-13(10-23-15)18-9-14(21)20-7-3-12(4-8-20)22-11-1-5-17-6-2-11/h1-2,5-6,10,12,18H,3-4,7-9H2,(H2,16,19). The van der Waals surface area contributed by atoms with Crippen LogP contribution in [0.1, 0.15) is 12.8 Å². The fourth-order valence-electron chi connectivity index (χ4n) is 2.48. The summed E-state index contributed by atoms with van der Waals surface area (Å²) in [5, 5.41) is 5.30. The normalized spacial score (nSPS) is 15.4. The molecule has 0 spiro atoms. The van der Waals surface area contributed by atoms with Gasteiger partial charge in [-0.1, -0.05) is 0 Å². The third kappa shape index (κ3) is 4.32. The number of likely N-dealkylation sites (tertiary alicyclic amines) is 1. The van der Waals surface area contributed by atoms with Crippen LogP contribution in [-0.2, 0) is 4.79 Å². The minimum absolute atomic E-state index is 0.0685. The van der Waals surface area contributed by atoms with E-state index in [1.807, 2.05) is 17.0 Å². The van der Waals surface area contributed by atoms with E-state index in [2.05, 4.69) is 15.3 Å². The van der Waals surface area contributed by atoms with Gasteiger partial charge in [-0.05, 0) is 12.1 Å². The van der Waals surface area contributed by atoms with E-state index in [-0.39, 0.29) is 18.6 Å². The molecule has 2 aromatic heterocycles. The molecule has 0 aliphatic carbocycles. The van der Waals surface area contributed by atoms with Crippen LogP contribution >= 0.6 is 11.3 Å². The lowest BCUT2D eigenvalue weighted by Crippen LogP contribution is -2.44. The highest BCUT2D eigenvalue weighted by Crippen LogP contribution is 2.19. The second kappa shape index (κ2) is 7.28. The first-order valence-electron chi connectivity index (χ1n) is 7.50. The van der Waals surface area contributed by atoms with Gasteiger partial charge in [0, 0.05) is 43.7 Å². The number of anilines is 2. The summed E-state index contributed by atoms with van der Waals surface area (Å²) in [7, 11) is 0. The van der Waals surface area contributed by atoms with Crippen LogP contribution in [0.2, 0.25) is 0 Å². The maximum absolute atomic E-state index is 12.2. The Kier molecular flexibility index (Phi) is 4.92. The number of pyridine rings is 1. The van der Waals surface area contributed by atoms with Gasteiger partial charge < -0.3 is 20.7 Å². The molecule has 1 fully saturated rings. The van der Waals surface area contributed by atoms with Crippen molar-refractivity contribution in [2.45, 2.75) is 18.9 Å². The highest BCUT2D eigenvalue weighted by Gasteiger charge is 2.23. The van der Waals surface area contributed by atoms with E-state index in [0.717, 1.165) is 18.6 Å². The summed E-state index contributed by atoms with van der Waals surface area (Å²) in [6.45, 7) is 1.64. The molecule has 0 unspecified atom stereocenters. The van der Waals surface area contributed by atoms with Gasteiger partial charge in [0.2, 0.25) is 5.91 Å². The van der Waals surface area contributed by atoms with E-state index < -0.39 is 0 Å². The smallest absolute Gasteiger partial charge is 0.241 e. The maximum Gasteiger partial charge on any atom is 0.241 e. The molecule has 3 N–H and O–H groups in total. The second-order valence-corrected chi connectivity index (χ2v) is 6.20. The number of nitrogen functional groups attached to an aromatic ring is 1. The number of thiazole rings is 1. The minimum atomic E-state index is 0.0685. The summed E-state index contributed by atoms with van der Waals surface area (Å²) in [5.74, 6) is 1.54. The summed E-state index contributed by atoms with van der Waals surface area (Å²) < 4.78 is 5.90. The number of amides is 1. The molecule has 0 bridgehead atoms. The topological polar surface area (TPSA) is 93.4 Å². The van der Waals surface area contributed by atoms with Gasteiger partial charge in [0.15, 0.2) is 5.13 Å². The van der Waals surface area contributed by atoms with Crippen molar-refractivity contribution in [1.82, 2.24) is 14.9 Å². The number of piperidine rings is 1. The van der Waals surface area contributed by atoms with E-state index in [0.29, 0.717) is 24.0 Å². The fraction of sp³-hybridized carbons (Fsp3) is 0.400. The van der Waals surface area contributed by atoms with Gasteiger partial charge >= 0.3 is 0 Å². The highest BCUT2D eigenvalue weighted by molar-refractivity contribution is 7.13. The van der Waals surface area contributed by atoms with Crippen LogP contribution in [0, 0.1) is 0 Å². The van der Waals surface area contributed by atoms with Gasteiger partial charge in [-0.25, -0.2) is 4.98 Å². The molecule has 0 atom stereocenters. The van der Waals surface area contributed by atoms with Gasteiger partial charge in [-0.15, -0.1) is 11.3 Å². The first-order chi connectivity index (χ1) is 11.2. The zero-order valence-electron chi connectivity index (χ0n) is 12.6. The predicted molar refractivity (Wildman–Crippen MR) is 89.5 cm³/mol. The van der Waals surface area contributed by atoms with E-state index in [1.54, 1.807) is 17.8 Å². The largest absolute Gasteiger partial charge is 0.490 e. The van der Waals surface area contributed by atoms with Crippen molar-refractivity contribution in [3.63, 3.8) is 0 Å². The lowest BCUT2D eigenvalue weighted by atomic mass is 10.1. The van der Waals surface area contributed by atoms with E-state index >= 15 is 0 Å². The average molecular weight is 333 g/mol. The monoisotopic (exact) mass is 333 g/mol. The van der Waals surface area contributed by atoms with E-state index in [4.69, 9.17) is 10.5 Å². The van der Waals surface area contributed by atoms with Crippen molar-refractivity contribution in [3.8, 4) is 5.75 Å². The Bertz CT molecular complexity index is 640. The Morgan fingerprint density at radius 3 is 2.78 bits per heavy atom. The lowest BCUT2D eigenvalue weighted by Gasteiger charge is -2.32.